The summed E-state index contributed by atoms with van der Waals surface area (Å²) in [6, 6.07) is 0.935. The molecule has 0 saturated carbocycles. The second-order valence-corrected chi connectivity index (χ2v) is 6.21. The molecular weight excluding hydrogens is 262 g/mol. The molecule has 0 atom stereocenters. The highest BCUT2D eigenvalue weighted by Crippen LogP contribution is 2.20. The monoisotopic (exact) mass is 277 g/mol. The quantitative estimate of drug-likeness (QED) is 0.714. The summed E-state index contributed by atoms with van der Waals surface area (Å²) in [4.78, 5) is 10.4. The van der Waals surface area contributed by atoms with Gasteiger partial charge in [0.25, 0.3) is 0 Å². The number of nitrogens with one attached hydrogen (secondary N) is 1. The normalized spacial score (nSPS) is 12.7. The van der Waals surface area contributed by atoms with Crippen molar-refractivity contribution < 1.29 is 27.8 Å². The van der Waals surface area contributed by atoms with Crippen molar-refractivity contribution >= 4 is 16.0 Å². The van der Waals surface area contributed by atoms with Gasteiger partial charge in [-0.05, 0) is 20.8 Å². The van der Waals surface area contributed by atoms with Crippen LogP contribution in [-0.4, -0.2) is 36.7 Å². The van der Waals surface area contributed by atoms with Crippen LogP contribution in [0.1, 0.15) is 30.2 Å². The van der Waals surface area contributed by atoms with E-state index in [9.17, 15) is 18.3 Å². The Morgan fingerprint density at radius 1 is 1.50 bits per heavy atom. The molecule has 0 aromatic carbocycles. The number of carbonyl (C=O) groups is 1. The Balaban J connectivity index is 3.02. The number of aromatic carboxylic acids is 1. The minimum absolute atomic E-state index is 0.0179. The van der Waals surface area contributed by atoms with E-state index in [1.165, 1.54) is 20.8 Å². The summed E-state index contributed by atoms with van der Waals surface area (Å²) in [6.45, 7) is 4.05. The van der Waals surface area contributed by atoms with Crippen molar-refractivity contribution in [3.05, 3.63) is 17.6 Å². The summed E-state index contributed by atoms with van der Waals surface area (Å²) in [6.07, 6.45) is 0. The number of hydrogen-bond acceptors (Lipinski definition) is 5. The number of rotatable bonds is 5. The molecule has 1 aromatic heterocycles. The SMILES string of the molecule is Cc1oc(C(=O)O)cc1S(=O)(=O)NCC(C)(C)O. The number of sulfonamides is 1. The fraction of sp³-hybridized carbons (Fsp3) is 0.500. The summed E-state index contributed by atoms with van der Waals surface area (Å²) in [5.74, 6) is -1.81. The van der Waals surface area contributed by atoms with Gasteiger partial charge in [0.2, 0.25) is 15.8 Å². The number of aliphatic hydroxyl groups is 1. The molecule has 7 nitrogen and oxygen atoms in total. The van der Waals surface area contributed by atoms with Crippen LogP contribution in [0.4, 0.5) is 0 Å². The van der Waals surface area contributed by atoms with Crippen LogP contribution in [0.2, 0.25) is 0 Å². The molecule has 1 rings (SSSR count). The Morgan fingerprint density at radius 3 is 2.44 bits per heavy atom. The van der Waals surface area contributed by atoms with Crippen LogP contribution in [0.15, 0.2) is 15.4 Å². The van der Waals surface area contributed by atoms with Crippen LogP contribution >= 0.6 is 0 Å². The van der Waals surface area contributed by atoms with Crippen LogP contribution in [-0.2, 0) is 10.0 Å². The van der Waals surface area contributed by atoms with E-state index in [-0.39, 0.29) is 17.2 Å². The fourth-order valence-electron chi connectivity index (χ4n) is 1.19. The van der Waals surface area contributed by atoms with Crippen molar-refractivity contribution in [2.45, 2.75) is 31.3 Å². The first-order valence-corrected chi connectivity index (χ1v) is 6.57. The number of furan rings is 1. The van der Waals surface area contributed by atoms with Gasteiger partial charge in [-0.15, -0.1) is 0 Å². The fourth-order valence-corrected chi connectivity index (χ4v) is 2.57. The smallest absolute Gasteiger partial charge is 0.371 e. The minimum Gasteiger partial charge on any atom is -0.475 e. The van der Waals surface area contributed by atoms with Gasteiger partial charge in [0, 0.05) is 12.6 Å². The van der Waals surface area contributed by atoms with Gasteiger partial charge >= 0.3 is 5.97 Å². The van der Waals surface area contributed by atoms with Gasteiger partial charge in [-0.2, -0.15) is 0 Å². The van der Waals surface area contributed by atoms with Crippen LogP contribution in [0.25, 0.3) is 0 Å². The Hall–Kier alpha value is -1.38. The van der Waals surface area contributed by atoms with E-state index in [0.717, 1.165) is 6.07 Å². The van der Waals surface area contributed by atoms with Gasteiger partial charge in [0.15, 0.2) is 0 Å². The summed E-state index contributed by atoms with van der Waals surface area (Å²) in [7, 11) is -3.90. The Labute approximate surface area is 104 Å². The second kappa shape index (κ2) is 4.71. The Morgan fingerprint density at radius 2 is 2.06 bits per heavy atom. The van der Waals surface area contributed by atoms with Gasteiger partial charge in [0.05, 0.1) is 5.60 Å². The predicted molar refractivity (Wildman–Crippen MR) is 61.9 cm³/mol. The van der Waals surface area contributed by atoms with E-state index in [1.807, 2.05) is 0 Å². The van der Waals surface area contributed by atoms with E-state index in [1.54, 1.807) is 0 Å². The van der Waals surface area contributed by atoms with Gasteiger partial charge < -0.3 is 14.6 Å². The first-order valence-electron chi connectivity index (χ1n) is 5.09. The molecule has 0 amide bonds. The summed E-state index contributed by atoms with van der Waals surface area (Å²) in [5.41, 5.74) is -1.21. The molecule has 0 bridgehead atoms. The van der Waals surface area contributed by atoms with Gasteiger partial charge in [-0.3, -0.25) is 0 Å². The topological polar surface area (TPSA) is 117 Å². The Kier molecular flexibility index (Phi) is 3.84. The zero-order valence-corrected chi connectivity index (χ0v) is 11.0. The molecule has 0 fully saturated rings. The molecule has 8 heteroatoms. The van der Waals surface area contributed by atoms with Crippen molar-refractivity contribution in [1.29, 1.82) is 0 Å². The Bertz CT molecular complexity index is 551. The number of carboxylic acids is 1. The molecule has 102 valence electrons. The van der Waals surface area contributed by atoms with Crippen molar-refractivity contribution in [3.8, 4) is 0 Å². The van der Waals surface area contributed by atoms with Crippen molar-refractivity contribution in [1.82, 2.24) is 4.72 Å². The molecule has 1 aromatic rings. The molecular formula is C10H15NO6S. The summed E-state index contributed by atoms with van der Waals surface area (Å²) >= 11 is 0. The standard InChI is InChI=1S/C10H15NO6S/c1-6-8(4-7(17-6)9(12)13)18(15,16)11-5-10(2,3)14/h4,11,14H,5H2,1-3H3,(H,12,13). The van der Waals surface area contributed by atoms with E-state index >= 15 is 0 Å². The lowest BCUT2D eigenvalue weighted by Gasteiger charge is -2.17. The van der Waals surface area contributed by atoms with Gasteiger partial charge in [-0.1, -0.05) is 0 Å². The third-order valence-corrected chi connectivity index (χ3v) is 3.58. The summed E-state index contributed by atoms with van der Waals surface area (Å²) < 4.78 is 30.7. The van der Waals surface area contributed by atoms with Crippen LogP contribution in [0.5, 0.6) is 0 Å². The van der Waals surface area contributed by atoms with E-state index < -0.39 is 27.4 Å². The highest BCUT2D eigenvalue weighted by Gasteiger charge is 2.25. The molecule has 0 spiro atoms. The maximum atomic E-state index is 11.9. The van der Waals surface area contributed by atoms with Crippen LogP contribution < -0.4 is 4.72 Å². The zero-order chi connectivity index (χ0) is 14.1. The first kappa shape index (κ1) is 14.7. The van der Waals surface area contributed by atoms with E-state index in [0.29, 0.717) is 0 Å². The van der Waals surface area contributed by atoms with E-state index in [4.69, 9.17) is 9.52 Å². The number of aryl methyl sites for hydroxylation is 1. The molecule has 0 aliphatic rings. The lowest BCUT2D eigenvalue weighted by atomic mass is 10.1. The van der Waals surface area contributed by atoms with Crippen LogP contribution in [0, 0.1) is 6.92 Å². The van der Waals surface area contributed by atoms with Gasteiger partial charge in [0.1, 0.15) is 10.7 Å². The number of hydrogen-bond donors (Lipinski definition) is 3. The highest BCUT2D eigenvalue weighted by molar-refractivity contribution is 7.89. The highest BCUT2D eigenvalue weighted by atomic mass is 32.2. The first-order chi connectivity index (χ1) is 8.03. The average Bonchev–Trinajstić information content (AvgIpc) is 2.57. The lowest BCUT2D eigenvalue weighted by molar-refractivity contribution is 0.0660. The molecule has 0 saturated heterocycles. The van der Waals surface area contributed by atoms with Crippen molar-refractivity contribution in [2.24, 2.45) is 0 Å². The van der Waals surface area contributed by atoms with Gasteiger partial charge in [-0.25, -0.2) is 17.9 Å². The summed E-state index contributed by atoms with van der Waals surface area (Å²) in [5, 5.41) is 18.1. The molecule has 0 aliphatic carbocycles. The lowest BCUT2D eigenvalue weighted by Crippen LogP contribution is -2.38. The molecule has 0 radical (unpaired) electrons. The zero-order valence-electron chi connectivity index (χ0n) is 10.2. The van der Waals surface area contributed by atoms with E-state index in [2.05, 4.69) is 4.72 Å². The maximum Gasteiger partial charge on any atom is 0.371 e. The predicted octanol–water partition coefficient (Wildman–Crippen LogP) is 0.335. The molecule has 0 unspecified atom stereocenters. The third-order valence-electron chi connectivity index (χ3n) is 2.07. The molecule has 0 aliphatic heterocycles. The average molecular weight is 277 g/mol. The number of carboxylic acid groups (broad SMARTS) is 1. The molecule has 3 N–H and O–H groups in total. The van der Waals surface area contributed by atoms with Crippen molar-refractivity contribution in [2.75, 3.05) is 6.54 Å². The second-order valence-electron chi connectivity index (χ2n) is 4.47. The third kappa shape index (κ3) is 3.56. The van der Waals surface area contributed by atoms with Crippen molar-refractivity contribution in [3.63, 3.8) is 0 Å². The maximum absolute atomic E-state index is 11.9. The van der Waals surface area contributed by atoms with Crippen LogP contribution in [0.3, 0.4) is 0 Å². The molecule has 18 heavy (non-hydrogen) atoms. The largest absolute Gasteiger partial charge is 0.475 e. The minimum atomic E-state index is -3.90. The molecule has 1 heterocycles.